The van der Waals surface area contributed by atoms with Gasteiger partial charge in [0.25, 0.3) is 0 Å². The predicted octanol–water partition coefficient (Wildman–Crippen LogP) is 2.15. The lowest BCUT2D eigenvalue weighted by atomic mass is 10.3. The van der Waals surface area contributed by atoms with Crippen LogP contribution >= 0.6 is 28.6 Å². The van der Waals surface area contributed by atoms with E-state index in [1.165, 1.54) is 12.1 Å². The monoisotopic (exact) mass is 220 g/mol. The molecule has 0 radical (unpaired) electrons. The molecule has 0 bridgehead atoms. The highest BCUT2D eigenvalue weighted by atomic mass is 79.9. The number of hydrogen-bond donors (Lipinski definition) is 3. The summed E-state index contributed by atoms with van der Waals surface area (Å²) < 4.78 is 0.625. The van der Waals surface area contributed by atoms with Crippen molar-refractivity contribution in [2.45, 2.75) is 4.90 Å². The van der Waals surface area contributed by atoms with Crippen LogP contribution in [0.25, 0.3) is 0 Å². The van der Waals surface area contributed by atoms with Crippen molar-refractivity contribution in [3.05, 3.63) is 16.6 Å². The maximum atomic E-state index is 9.01. The van der Waals surface area contributed by atoms with E-state index in [9.17, 15) is 0 Å². The number of thiol groups is 1. The molecule has 0 saturated carbocycles. The Kier molecular flexibility index (Phi) is 2.11. The molecule has 1 aromatic rings. The van der Waals surface area contributed by atoms with Gasteiger partial charge in [0, 0.05) is 4.47 Å². The van der Waals surface area contributed by atoms with Gasteiger partial charge in [0.15, 0.2) is 0 Å². The lowest BCUT2D eigenvalue weighted by Gasteiger charge is -2.00. The third-order valence-corrected chi connectivity index (χ3v) is 1.95. The highest BCUT2D eigenvalue weighted by molar-refractivity contribution is 9.10. The van der Waals surface area contributed by atoms with E-state index in [-0.39, 0.29) is 16.4 Å². The molecule has 0 aromatic heterocycles. The van der Waals surface area contributed by atoms with Gasteiger partial charge in [0.2, 0.25) is 0 Å². The Balaban J connectivity index is 3.31. The molecule has 0 aliphatic rings. The van der Waals surface area contributed by atoms with Crippen molar-refractivity contribution in [2.24, 2.45) is 0 Å². The maximum Gasteiger partial charge on any atom is 0.133 e. The van der Waals surface area contributed by atoms with Gasteiger partial charge in [0.05, 0.1) is 4.90 Å². The molecule has 0 heterocycles. The molecular formula is C6H5BrO2S. The van der Waals surface area contributed by atoms with E-state index in [2.05, 4.69) is 28.6 Å². The van der Waals surface area contributed by atoms with Gasteiger partial charge in [0.1, 0.15) is 11.5 Å². The summed E-state index contributed by atoms with van der Waals surface area (Å²) in [6, 6.07) is 2.92. The summed E-state index contributed by atoms with van der Waals surface area (Å²) in [4.78, 5) is 0.197. The van der Waals surface area contributed by atoms with Crippen LogP contribution < -0.4 is 0 Å². The van der Waals surface area contributed by atoms with Crippen LogP contribution in [0.5, 0.6) is 11.5 Å². The number of halogens is 1. The fourth-order valence-electron chi connectivity index (χ4n) is 0.571. The smallest absolute Gasteiger partial charge is 0.133 e. The Morgan fingerprint density at radius 3 is 2.00 bits per heavy atom. The lowest BCUT2D eigenvalue weighted by molar-refractivity contribution is 0.428. The number of hydrogen-bond acceptors (Lipinski definition) is 3. The van der Waals surface area contributed by atoms with Crippen molar-refractivity contribution in [3.63, 3.8) is 0 Å². The lowest BCUT2D eigenvalue weighted by Crippen LogP contribution is -1.72. The fourth-order valence-corrected chi connectivity index (χ4v) is 1.13. The van der Waals surface area contributed by atoms with Crippen LogP contribution in [0.2, 0.25) is 0 Å². The molecule has 2 N–H and O–H groups in total. The first-order valence-corrected chi connectivity index (χ1v) is 3.75. The minimum absolute atomic E-state index is 0.0322. The second-order valence-corrected chi connectivity index (χ2v) is 3.16. The average molecular weight is 221 g/mol. The second kappa shape index (κ2) is 2.72. The minimum atomic E-state index is -0.0322. The van der Waals surface area contributed by atoms with Crippen molar-refractivity contribution >= 4 is 28.6 Å². The van der Waals surface area contributed by atoms with Crippen LogP contribution in [0.3, 0.4) is 0 Å². The SMILES string of the molecule is Oc1cc(Br)cc(O)c1S. The average Bonchev–Trinajstić information content (AvgIpc) is 1.82. The predicted molar refractivity (Wildman–Crippen MR) is 44.7 cm³/mol. The standard InChI is InChI=1S/C6H5BrO2S/c7-3-1-4(8)6(10)5(9)2-3/h1-2,8-10H. The van der Waals surface area contributed by atoms with Crippen molar-refractivity contribution < 1.29 is 10.2 Å². The minimum Gasteiger partial charge on any atom is -0.507 e. The van der Waals surface area contributed by atoms with E-state index in [0.29, 0.717) is 4.47 Å². The van der Waals surface area contributed by atoms with Gasteiger partial charge in [-0.25, -0.2) is 0 Å². The van der Waals surface area contributed by atoms with Crippen molar-refractivity contribution in [3.8, 4) is 11.5 Å². The Morgan fingerprint density at radius 1 is 1.20 bits per heavy atom. The number of phenolic OH excluding ortho intramolecular Hbond substituents is 2. The number of rotatable bonds is 0. The summed E-state index contributed by atoms with van der Waals surface area (Å²) >= 11 is 6.93. The molecule has 2 nitrogen and oxygen atoms in total. The third kappa shape index (κ3) is 1.38. The van der Waals surface area contributed by atoms with E-state index in [1.54, 1.807) is 0 Å². The van der Waals surface area contributed by atoms with E-state index in [0.717, 1.165) is 0 Å². The van der Waals surface area contributed by atoms with Crippen LogP contribution in [0.15, 0.2) is 21.5 Å². The summed E-state index contributed by atoms with van der Waals surface area (Å²) in [6.45, 7) is 0. The van der Waals surface area contributed by atoms with Crippen LogP contribution in [0.1, 0.15) is 0 Å². The van der Waals surface area contributed by atoms with Gasteiger partial charge in [-0.2, -0.15) is 0 Å². The second-order valence-electron chi connectivity index (χ2n) is 1.79. The van der Waals surface area contributed by atoms with Gasteiger partial charge < -0.3 is 10.2 Å². The fraction of sp³-hybridized carbons (Fsp3) is 0. The molecule has 0 atom stereocenters. The molecule has 1 aromatic carbocycles. The largest absolute Gasteiger partial charge is 0.507 e. The zero-order chi connectivity index (χ0) is 7.72. The Morgan fingerprint density at radius 2 is 1.60 bits per heavy atom. The van der Waals surface area contributed by atoms with Gasteiger partial charge in [-0.05, 0) is 12.1 Å². The summed E-state index contributed by atoms with van der Waals surface area (Å²) in [5.74, 6) is -0.0644. The molecule has 0 aliphatic heterocycles. The summed E-state index contributed by atoms with van der Waals surface area (Å²) in [7, 11) is 0. The molecule has 1 rings (SSSR count). The quantitative estimate of drug-likeness (QED) is 0.587. The Labute approximate surface area is 72.0 Å². The van der Waals surface area contributed by atoms with E-state index >= 15 is 0 Å². The van der Waals surface area contributed by atoms with Gasteiger partial charge >= 0.3 is 0 Å². The van der Waals surface area contributed by atoms with E-state index in [1.807, 2.05) is 0 Å². The first-order chi connectivity index (χ1) is 4.61. The molecular weight excluding hydrogens is 216 g/mol. The van der Waals surface area contributed by atoms with Crippen molar-refractivity contribution in [2.75, 3.05) is 0 Å². The normalized spacial score (nSPS) is 9.80. The highest BCUT2D eigenvalue weighted by Crippen LogP contribution is 2.33. The van der Waals surface area contributed by atoms with Crippen LogP contribution in [0, 0.1) is 0 Å². The molecule has 0 unspecified atom stereocenters. The third-order valence-electron chi connectivity index (χ3n) is 1.03. The molecule has 54 valence electrons. The van der Waals surface area contributed by atoms with Gasteiger partial charge in [-0.3, -0.25) is 0 Å². The summed E-state index contributed by atoms with van der Waals surface area (Å²) in [5.41, 5.74) is 0. The highest BCUT2D eigenvalue weighted by Gasteiger charge is 2.03. The van der Waals surface area contributed by atoms with Crippen LogP contribution in [-0.4, -0.2) is 10.2 Å². The van der Waals surface area contributed by atoms with E-state index in [4.69, 9.17) is 10.2 Å². The van der Waals surface area contributed by atoms with Gasteiger partial charge in [-0.1, -0.05) is 15.9 Å². The maximum absolute atomic E-state index is 9.01. The Bertz CT molecular complexity index is 239. The topological polar surface area (TPSA) is 40.5 Å². The summed E-state index contributed by atoms with van der Waals surface area (Å²) in [6.07, 6.45) is 0. The first kappa shape index (κ1) is 7.75. The summed E-state index contributed by atoms with van der Waals surface area (Å²) in [5, 5.41) is 18.0. The molecule has 0 amide bonds. The molecule has 0 fully saturated rings. The molecule has 4 heteroatoms. The molecule has 10 heavy (non-hydrogen) atoms. The van der Waals surface area contributed by atoms with Crippen LogP contribution in [0.4, 0.5) is 0 Å². The van der Waals surface area contributed by atoms with Crippen molar-refractivity contribution in [1.82, 2.24) is 0 Å². The number of benzene rings is 1. The van der Waals surface area contributed by atoms with Crippen LogP contribution in [-0.2, 0) is 0 Å². The number of aromatic hydroxyl groups is 2. The van der Waals surface area contributed by atoms with E-state index < -0.39 is 0 Å². The van der Waals surface area contributed by atoms with Gasteiger partial charge in [-0.15, -0.1) is 12.6 Å². The zero-order valence-electron chi connectivity index (χ0n) is 4.87. The molecule has 0 aliphatic carbocycles. The van der Waals surface area contributed by atoms with Crippen molar-refractivity contribution in [1.29, 1.82) is 0 Å². The molecule has 0 saturated heterocycles. The zero-order valence-corrected chi connectivity index (χ0v) is 7.35. The number of phenols is 2. The Hall–Kier alpha value is -0.350. The first-order valence-electron chi connectivity index (χ1n) is 2.51. The molecule has 0 spiro atoms.